The lowest BCUT2D eigenvalue weighted by atomic mass is 10.1. The van der Waals surface area contributed by atoms with Crippen molar-refractivity contribution < 1.29 is 4.42 Å². The van der Waals surface area contributed by atoms with E-state index in [4.69, 9.17) is 4.42 Å². The molecule has 0 atom stereocenters. The third-order valence-corrected chi connectivity index (χ3v) is 4.50. The number of aryl methyl sites for hydroxylation is 1. The fourth-order valence-electron chi connectivity index (χ4n) is 3.02. The number of nitrogens with one attached hydrogen (secondary N) is 1. The summed E-state index contributed by atoms with van der Waals surface area (Å²) in [6, 6.07) is 8.44. The van der Waals surface area contributed by atoms with Gasteiger partial charge in [-0.25, -0.2) is 0 Å². The summed E-state index contributed by atoms with van der Waals surface area (Å²) < 4.78 is 6.07. The molecule has 1 saturated carbocycles. The Hall–Kier alpha value is -1.28. The molecule has 0 radical (unpaired) electrons. The van der Waals surface area contributed by atoms with Crippen molar-refractivity contribution in [3.63, 3.8) is 0 Å². The van der Waals surface area contributed by atoms with Gasteiger partial charge in [-0.2, -0.15) is 0 Å². The van der Waals surface area contributed by atoms with Gasteiger partial charge in [0.25, 0.3) is 0 Å². The fourth-order valence-corrected chi connectivity index (χ4v) is 3.02. The van der Waals surface area contributed by atoms with E-state index >= 15 is 0 Å². The normalized spacial score (nSPS) is 14.9. The van der Waals surface area contributed by atoms with Gasteiger partial charge in [-0.05, 0) is 37.8 Å². The zero-order chi connectivity index (χ0) is 14.5. The van der Waals surface area contributed by atoms with E-state index in [9.17, 15) is 0 Å². The molecular weight excluding hydrogens is 258 g/mol. The predicted molar refractivity (Wildman–Crippen MR) is 88.5 cm³/mol. The Kier molecular flexibility index (Phi) is 4.97. The molecule has 2 nitrogen and oxygen atoms in total. The van der Waals surface area contributed by atoms with E-state index in [1.165, 1.54) is 55.2 Å². The molecule has 1 aliphatic rings. The highest BCUT2D eigenvalue weighted by atomic mass is 16.3. The van der Waals surface area contributed by atoms with Crippen molar-refractivity contribution in [3.8, 4) is 0 Å². The van der Waals surface area contributed by atoms with Crippen LogP contribution in [0.15, 0.2) is 28.7 Å². The van der Waals surface area contributed by atoms with Crippen molar-refractivity contribution >= 4 is 11.0 Å². The number of hydrogen-bond acceptors (Lipinski definition) is 2. The van der Waals surface area contributed by atoms with E-state index in [2.05, 4.69) is 36.5 Å². The minimum Gasteiger partial charge on any atom is -0.461 e. The first-order chi connectivity index (χ1) is 10.4. The van der Waals surface area contributed by atoms with E-state index in [0.29, 0.717) is 0 Å². The van der Waals surface area contributed by atoms with E-state index < -0.39 is 0 Å². The summed E-state index contributed by atoms with van der Waals surface area (Å²) in [5.74, 6) is 2.23. The largest absolute Gasteiger partial charge is 0.461 e. The van der Waals surface area contributed by atoms with E-state index in [0.717, 1.165) is 31.0 Å². The minimum absolute atomic E-state index is 0.945. The number of unbranched alkanes of at least 4 members (excludes halogenated alkanes) is 1. The van der Waals surface area contributed by atoms with Gasteiger partial charge in [0, 0.05) is 23.9 Å². The maximum absolute atomic E-state index is 6.07. The Morgan fingerprint density at radius 1 is 1.19 bits per heavy atom. The summed E-state index contributed by atoms with van der Waals surface area (Å²) in [6.07, 6.45) is 9.12. The van der Waals surface area contributed by atoms with Crippen molar-refractivity contribution in [2.75, 3.05) is 6.54 Å². The first kappa shape index (κ1) is 14.6. The smallest absolute Gasteiger partial charge is 0.134 e. The summed E-state index contributed by atoms with van der Waals surface area (Å²) in [5.41, 5.74) is 2.42. The van der Waals surface area contributed by atoms with Crippen LogP contribution in [0.2, 0.25) is 0 Å². The summed E-state index contributed by atoms with van der Waals surface area (Å²) >= 11 is 0. The van der Waals surface area contributed by atoms with Gasteiger partial charge in [0.1, 0.15) is 11.3 Å². The Morgan fingerprint density at radius 3 is 2.86 bits per heavy atom. The average Bonchev–Trinajstić information content (AvgIpc) is 3.26. The molecule has 0 bridgehead atoms. The molecule has 1 fully saturated rings. The molecule has 114 valence electrons. The molecule has 1 aromatic heterocycles. The molecule has 0 amide bonds. The lowest BCUT2D eigenvalue weighted by Crippen LogP contribution is -2.15. The van der Waals surface area contributed by atoms with Crippen LogP contribution < -0.4 is 5.32 Å². The van der Waals surface area contributed by atoms with Gasteiger partial charge in [0.15, 0.2) is 0 Å². The minimum atomic E-state index is 0.945. The number of rotatable bonds is 9. The second-order valence-electron chi connectivity index (χ2n) is 6.37. The topological polar surface area (TPSA) is 25.2 Å². The molecule has 1 aliphatic carbocycles. The lowest BCUT2D eigenvalue weighted by molar-refractivity contribution is 0.522. The Bertz CT molecular complexity index is 568. The van der Waals surface area contributed by atoms with Crippen LogP contribution >= 0.6 is 0 Å². The van der Waals surface area contributed by atoms with Crippen molar-refractivity contribution in [1.82, 2.24) is 5.32 Å². The molecule has 0 aliphatic heterocycles. The zero-order valence-electron chi connectivity index (χ0n) is 13.2. The predicted octanol–water partition coefficient (Wildman–Crippen LogP) is 5.06. The van der Waals surface area contributed by atoms with Crippen LogP contribution in [0.1, 0.15) is 56.8 Å². The maximum atomic E-state index is 6.07. The SMILES string of the molecule is CCCCc1oc2ccccc2c1CNCCCC1CC1. The highest BCUT2D eigenvalue weighted by Crippen LogP contribution is 2.33. The molecule has 2 aromatic rings. The van der Waals surface area contributed by atoms with E-state index in [-0.39, 0.29) is 0 Å². The van der Waals surface area contributed by atoms with Crippen molar-refractivity contribution in [3.05, 3.63) is 35.6 Å². The zero-order valence-corrected chi connectivity index (χ0v) is 13.2. The van der Waals surface area contributed by atoms with Crippen molar-refractivity contribution in [2.24, 2.45) is 5.92 Å². The van der Waals surface area contributed by atoms with Crippen LogP contribution in [-0.2, 0) is 13.0 Å². The number of furan rings is 1. The molecule has 1 aromatic carbocycles. The van der Waals surface area contributed by atoms with Gasteiger partial charge in [0.2, 0.25) is 0 Å². The second kappa shape index (κ2) is 7.13. The summed E-state index contributed by atoms with van der Waals surface area (Å²) in [6.45, 7) is 4.31. The number of fused-ring (bicyclic) bond motifs is 1. The van der Waals surface area contributed by atoms with Crippen molar-refractivity contribution in [1.29, 1.82) is 0 Å². The third kappa shape index (κ3) is 3.88. The molecule has 1 N–H and O–H groups in total. The van der Waals surface area contributed by atoms with Gasteiger partial charge in [-0.15, -0.1) is 0 Å². The van der Waals surface area contributed by atoms with Crippen LogP contribution in [0.3, 0.4) is 0 Å². The van der Waals surface area contributed by atoms with Crippen LogP contribution in [0.5, 0.6) is 0 Å². The third-order valence-electron chi connectivity index (χ3n) is 4.50. The Balaban J connectivity index is 1.62. The van der Waals surface area contributed by atoms with Gasteiger partial charge < -0.3 is 9.73 Å². The first-order valence-corrected chi connectivity index (χ1v) is 8.58. The highest BCUT2D eigenvalue weighted by Gasteiger charge is 2.20. The summed E-state index contributed by atoms with van der Waals surface area (Å²) in [4.78, 5) is 0. The van der Waals surface area contributed by atoms with Gasteiger partial charge in [0.05, 0.1) is 0 Å². The fraction of sp³-hybridized carbons (Fsp3) is 0.579. The monoisotopic (exact) mass is 285 g/mol. The molecule has 0 saturated heterocycles. The summed E-state index contributed by atoms with van der Waals surface area (Å²) in [5, 5.41) is 4.91. The number of benzene rings is 1. The van der Waals surface area contributed by atoms with Gasteiger partial charge >= 0.3 is 0 Å². The molecule has 0 spiro atoms. The van der Waals surface area contributed by atoms with Gasteiger partial charge in [-0.3, -0.25) is 0 Å². The van der Waals surface area contributed by atoms with Crippen LogP contribution in [-0.4, -0.2) is 6.54 Å². The number of hydrogen-bond donors (Lipinski definition) is 1. The summed E-state index contributed by atoms with van der Waals surface area (Å²) in [7, 11) is 0. The van der Waals surface area contributed by atoms with E-state index in [1.54, 1.807) is 0 Å². The van der Waals surface area contributed by atoms with Crippen LogP contribution in [0, 0.1) is 5.92 Å². The lowest BCUT2D eigenvalue weighted by Gasteiger charge is -2.06. The second-order valence-corrected chi connectivity index (χ2v) is 6.37. The molecule has 21 heavy (non-hydrogen) atoms. The molecule has 2 heteroatoms. The number of para-hydroxylation sites is 1. The first-order valence-electron chi connectivity index (χ1n) is 8.58. The standard InChI is InChI=1S/C19H27NO/c1-2-3-9-19-17(14-20-13-6-7-15-11-12-15)16-8-4-5-10-18(16)21-19/h4-5,8,10,15,20H,2-3,6-7,9,11-14H2,1H3. The van der Waals surface area contributed by atoms with Crippen LogP contribution in [0.4, 0.5) is 0 Å². The Morgan fingerprint density at radius 2 is 2.05 bits per heavy atom. The average molecular weight is 285 g/mol. The van der Waals surface area contributed by atoms with Crippen molar-refractivity contribution in [2.45, 2.75) is 58.4 Å². The highest BCUT2D eigenvalue weighted by molar-refractivity contribution is 5.82. The van der Waals surface area contributed by atoms with E-state index in [1.807, 2.05) is 0 Å². The molecular formula is C19H27NO. The quantitative estimate of drug-likeness (QED) is 0.652. The molecule has 1 heterocycles. The molecule has 3 rings (SSSR count). The molecule has 0 unspecified atom stereocenters. The maximum Gasteiger partial charge on any atom is 0.134 e. The van der Waals surface area contributed by atoms with Gasteiger partial charge in [-0.1, -0.05) is 44.4 Å². The van der Waals surface area contributed by atoms with Crippen LogP contribution in [0.25, 0.3) is 11.0 Å². The Labute approximate surface area is 127 Å².